The maximum absolute atomic E-state index is 10.5. The van der Waals surface area contributed by atoms with Crippen molar-refractivity contribution >= 4 is 10.1 Å². The first-order valence-corrected chi connectivity index (χ1v) is 7.02. The van der Waals surface area contributed by atoms with Crippen LogP contribution in [0.3, 0.4) is 0 Å². The maximum atomic E-state index is 10.5. The zero-order chi connectivity index (χ0) is 11.3. The highest BCUT2D eigenvalue weighted by Crippen LogP contribution is 2.02. The van der Waals surface area contributed by atoms with Crippen LogP contribution in [0.2, 0.25) is 0 Å². The van der Waals surface area contributed by atoms with E-state index in [1.165, 1.54) is 0 Å². The zero-order valence-corrected chi connectivity index (χ0v) is 10.0. The summed E-state index contributed by atoms with van der Waals surface area (Å²) in [5, 5.41) is 0. The van der Waals surface area contributed by atoms with Gasteiger partial charge in [0.1, 0.15) is 0 Å². The highest BCUT2D eigenvalue weighted by atomic mass is 32.2. The van der Waals surface area contributed by atoms with E-state index in [0.717, 1.165) is 39.3 Å². The fourth-order valence-corrected chi connectivity index (χ4v) is 2.29. The summed E-state index contributed by atoms with van der Waals surface area (Å²) < 4.78 is 29.6. The molecule has 0 unspecified atom stereocenters. The topological polar surface area (TPSA) is 60.9 Å². The van der Waals surface area contributed by atoms with Gasteiger partial charge in [-0.3, -0.25) is 4.55 Å². The Labute approximate surface area is 91.8 Å². The van der Waals surface area contributed by atoms with Crippen molar-refractivity contribution < 1.29 is 13.0 Å². The number of piperazine rings is 1. The van der Waals surface area contributed by atoms with E-state index >= 15 is 0 Å². The van der Waals surface area contributed by atoms with Gasteiger partial charge in [-0.1, -0.05) is 6.92 Å². The van der Waals surface area contributed by atoms with Gasteiger partial charge in [-0.2, -0.15) is 8.42 Å². The van der Waals surface area contributed by atoms with E-state index in [9.17, 15) is 8.42 Å². The summed E-state index contributed by atoms with van der Waals surface area (Å²) in [5.74, 6) is -0.124. The summed E-state index contributed by atoms with van der Waals surface area (Å²) in [6.45, 7) is 8.10. The van der Waals surface area contributed by atoms with Crippen LogP contribution < -0.4 is 0 Å². The quantitative estimate of drug-likeness (QED) is 0.676. The number of hydrogen-bond acceptors (Lipinski definition) is 4. The minimum Gasteiger partial charge on any atom is -0.301 e. The molecular formula is C9H20N2O3S. The lowest BCUT2D eigenvalue weighted by Crippen LogP contribution is -2.46. The molecule has 0 aromatic carbocycles. The van der Waals surface area contributed by atoms with Gasteiger partial charge >= 0.3 is 0 Å². The Hall–Kier alpha value is -0.170. The molecule has 1 heterocycles. The van der Waals surface area contributed by atoms with Crippen LogP contribution in [0, 0.1) is 0 Å². The monoisotopic (exact) mass is 236 g/mol. The molecule has 0 saturated carbocycles. The molecule has 6 heteroatoms. The van der Waals surface area contributed by atoms with E-state index in [1.807, 2.05) is 0 Å². The van der Waals surface area contributed by atoms with E-state index in [-0.39, 0.29) is 5.75 Å². The molecule has 0 aromatic heterocycles. The first kappa shape index (κ1) is 12.9. The summed E-state index contributed by atoms with van der Waals surface area (Å²) in [6, 6.07) is 0. The molecule has 0 aromatic rings. The molecule has 5 nitrogen and oxygen atoms in total. The van der Waals surface area contributed by atoms with E-state index in [0.29, 0.717) is 6.42 Å². The van der Waals surface area contributed by atoms with E-state index < -0.39 is 10.1 Å². The second-order valence-electron chi connectivity index (χ2n) is 3.92. The third kappa shape index (κ3) is 5.46. The van der Waals surface area contributed by atoms with Crippen LogP contribution in [0.5, 0.6) is 0 Å². The van der Waals surface area contributed by atoms with Gasteiger partial charge in [0.15, 0.2) is 0 Å². The van der Waals surface area contributed by atoms with Crippen LogP contribution in [0.1, 0.15) is 13.3 Å². The molecule has 1 N–H and O–H groups in total. The predicted octanol–water partition coefficient (Wildman–Crippen LogP) is -0.0982. The molecule has 0 amide bonds. The van der Waals surface area contributed by atoms with Gasteiger partial charge in [-0.05, 0) is 19.5 Å². The standard InChI is InChI=1S/C9H20N2O3S/c1-2-10-5-7-11(8-6-10)4-3-9-15(12,13)14/h2-9H2,1H3,(H,12,13,14). The third-order valence-electron chi connectivity index (χ3n) is 2.79. The smallest absolute Gasteiger partial charge is 0.264 e. The molecule has 1 aliphatic heterocycles. The summed E-state index contributed by atoms with van der Waals surface area (Å²) in [6.07, 6.45) is 0.519. The van der Waals surface area contributed by atoms with Crippen molar-refractivity contribution in [3.05, 3.63) is 0 Å². The summed E-state index contributed by atoms with van der Waals surface area (Å²) in [5.41, 5.74) is 0. The molecule has 1 rings (SSSR count). The van der Waals surface area contributed by atoms with Crippen LogP contribution in [-0.4, -0.2) is 67.8 Å². The average molecular weight is 236 g/mol. The molecular weight excluding hydrogens is 216 g/mol. The Kier molecular flexibility index (Phi) is 4.98. The summed E-state index contributed by atoms with van der Waals surface area (Å²) in [7, 11) is -3.78. The van der Waals surface area contributed by atoms with Crippen molar-refractivity contribution in [1.82, 2.24) is 9.80 Å². The summed E-state index contributed by atoms with van der Waals surface area (Å²) in [4.78, 5) is 4.62. The second kappa shape index (κ2) is 5.79. The van der Waals surface area contributed by atoms with Gasteiger partial charge in [0, 0.05) is 26.2 Å². The fourth-order valence-electron chi connectivity index (χ4n) is 1.80. The molecule has 15 heavy (non-hydrogen) atoms. The first-order chi connectivity index (χ1) is 7.01. The predicted molar refractivity (Wildman–Crippen MR) is 59.6 cm³/mol. The van der Waals surface area contributed by atoms with Gasteiger partial charge < -0.3 is 9.80 Å². The highest BCUT2D eigenvalue weighted by molar-refractivity contribution is 7.85. The molecule has 0 spiro atoms. The van der Waals surface area contributed by atoms with Crippen molar-refractivity contribution in [2.45, 2.75) is 13.3 Å². The number of hydrogen-bond donors (Lipinski definition) is 1. The van der Waals surface area contributed by atoms with Crippen molar-refractivity contribution in [2.75, 3.05) is 45.0 Å². The Balaban J connectivity index is 2.14. The van der Waals surface area contributed by atoms with Gasteiger partial charge in [0.05, 0.1) is 5.75 Å². The Morgan fingerprint density at radius 3 is 2.13 bits per heavy atom. The van der Waals surface area contributed by atoms with E-state index in [4.69, 9.17) is 4.55 Å². The van der Waals surface area contributed by atoms with Crippen LogP contribution in [0.4, 0.5) is 0 Å². The minimum atomic E-state index is -3.78. The Morgan fingerprint density at radius 2 is 1.67 bits per heavy atom. The SMILES string of the molecule is CCN1CCN(CCCS(=O)(=O)O)CC1. The zero-order valence-electron chi connectivity index (χ0n) is 9.22. The number of nitrogens with zero attached hydrogens (tertiary/aromatic N) is 2. The maximum Gasteiger partial charge on any atom is 0.264 e. The number of rotatable bonds is 5. The van der Waals surface area contributed by atoms with Crippen LogP contribution in [0.25, 0.3) is 0 Å². The molecule has 0 aliphatic carbocycles. The second-order valence-corrected chi connectivity index (χ2v) is 5.49. The number of likely N-dealkylation sites (N-methyl/N-ethyl adjacent to an activating group) is 1. The van der Waals surface area contributed by atoms with Crippen molar-refractivity contribution in [1.29, 1.82) is 0 Å². The van der Waals surface area contributed by atoms with Gasteiger partial charge in [-0.15, -0.1) is 0 Å². The molecule has 0 atom stereocenters. The highest BCUT2D eigenvalue weighted by Gasteiger charge is 2.15. The normalized spacial score (nSPS) is 20.7. The summed E-state index contributed by atoms with van der Waals surface area (Å²) >= 11 is 0. The molecule has 1 aliphatic rings. The first-order valence-electron chi connectivity index (χ1n) is 5.41. The Morgan fingerprint density at radius 1 is 1.13 bits per heavy atom. The molecule has 0 bridgehead atoms. The van der Waals surface area contributed by atoms with Gasteiger partial charge in [-0.25, -0.2) is 0 Å². The minimum absolute atomic E-state index is 0.124. The lowest BCUT2D eigenvalue weighted by Gasteiger charge is -2.33. The average Bonchev–Trinajstić information content (AvgIpc) is 2.17. The van der Waals surface area contributed by atoms with E-state index in [1.54, 1.807) is 0 Å². The van der Waals surface area contributed by atoms with E-state index in [2.05, 4.69) is 16.7 Å². The lowest BCUT2D eigenvalue weighted by atomic mass is 10.3. The fraction of sp³-hybridized carbons (Fsp3) is 1.00. The van der Waals surface area contributed by atoms with Crippen LogP contribution in [-0.2, 0) is 10.1 Å². The van der Waals surface area contributed by atoms with Gasteiger partial charge in [0.25, 0.3) is 10.1 Å². The largest absolute Gasteiger partial charge is 0.301 e. The lowest BCUT2D eigenvalue weighted by molar-refractivity contribution is 0.137. The van der Waals surface area contributed by atoms with Crippen LogP contribution in [0.15, 0.2) is 0 Å². The van der Waals surface area contributed by atoms with Crippen molar-refractivity contribution in [2.24, 2.45) is 0 Å². The molecule has 1 saturated heterocycles. The van der Waals surface area contributed by atoms with Gasteiger partial charge in [0.2, 0.25) is 0 Å². The van der Waals surface area contributed by atoms with Crippen LogP contribution >= 0.6 is 0 Å². The molecule has 1 fully saturated rings. The van der Waals surface area contributed by atoms with Crippen molar-refractivity contribution in [3.8, 4) is 0 Å². The van der Waals surface area contributed by atoms with Crippen molar-refractivity contribution in [3.63, 3.8) is 0 Å². The molecule has 90 valence electrons. The Bertz CT molecular complexity index is 271. The third-order valence-corrected chi connectivity index (χ3v) is 3.59. The molecule has 0 radical (unpaired) electrons.